The summed E-state index contributed by atoms with van der Waals surface area (Å²) in [6, 6.07) is 17.7. The van der Waals surface area contributed by atoms with Gasteiger partial charge in [-0.05, 0) is 0 Å². The van der Waals surface area contributed by atoms with E-state index in [0.717, 1.165) is 9.50 Å². The molecular formula is C20H22Cl2Ge2Zr. The number of hydrogen-bond acceptors (Lipinski definition) is 0. The fourth-order valence-electron chi connectivity index (χ4n) is 3.39. The standard InChI is InChI=1S/2C10H11Ge.2ClH.Zr/c2*1-7-9-5-3-4-6-10(9)8(2)11-7;;;/h2*3-7H,1-2H3;2*1H;/q;;;;+2/p-2. The maximum atomic E-state index is 4.93. The van der Waals surface area contributed by atoms with Gasteiger partial charge in [-0.1, -0.05) is 0 Å². The monoisotopic (exact) mass is 570 g/mol. The van der Waals surface area contributed by atoms with Crippen LogP contribution in [0.15, 0.2) is 48.5 Å². The maximum absolute atomic E-state index is 4.93. The molecule has 2 aliphatic rings. The molecule has 2 heterocycles. The molecule has 0 saturated carbocycles. The molecule has 0 nitrogen and oxygen atoms in total. The van der Waals surface area contributed by atoms with Crippen molar-refractivity contribution in [3.63, 3.8) is 0 Å². The van der Waals surface area contributed by atoms with Gasteiger partial charge in [-0.3, -0.25) is 0 Å². The molecule has 2 unspecified atom stereocenters. The zero-order valence-electron chi connectivity index (χ0n) is 15.0. The summed E-state index contributed by atoms with van der Waals surface area (Å²) in [4.78, 5) is 0. The molecule has 0 N–H and O–H groups in total. The Morgan fingerprint density at radius 3 is 1.36 bits per heavy atom. The van der Waals surface area contributed by atoms with Crippen LogP contribution >= 0.6 is 17.0 Å². The van der Waals surface area contributed by atoms with Gasteiger partial charge in [-0.25, -0.2) is 0 Å². The van der Waals surface area contributed by atoms with Gasteiger partial charge >= 0.3 is 185 Å². The van der Waals surface area contributed by atoms with Crippen LogP contribution in [0.25, 0.3) is 0 Å². The van der Waals surface area contributed by atoms with E-state index in [1.807, 2.05) is 0 Å². The number of benzene rings is 2. The third-order valence-corrected chi connectivity index (χ3v) is 10.6. The van der Waals surface area contributed by atoms with Crippen LogP contribution in [-0.2, 0) is 20.8 Å². The van der Waals surface area contributed by atoms with Gasteiger partial charge < -0.3 is 0 Å². The Morgan fingerprint density at radius 1 is 0.720 bits per heavy atom. The first kappa shape index (κ1) is 22.0. The van der Waals surface area contributed by atoms with Crippen molar-refractivity contribution in [3.8, 4) is 0 Å². The van der Waals surface area contributed by atoms with Crippen molar-refractivity contribution in [1.29, 1.82) is 0 Å². The minimum absolute atomic E-state index is 0.175. The van der Waals surface area contributed by atoms with Gasteiger partial charge in [-0.15, -0.1) is 0 Å². The van der Waals surface area contributed by atoms with Crippen molar-refractivity contribution in [1.82, 2.24) is 0 Å². The summed E-state index contributed by atoms with van der Waals surface area (Å²) in [5.74, 6) is 0. The third-order valence-electron chi connectivity index (χ3n) is 4.53. The van der Waals surface area contributed by atoms with Crippen molar-refractivity contribution < 1.29 is 20.8 Å². The number of hydrogen-bond donors (Lipinski definition) is 0. The fraction of sp³-hybridized carbons (Fsp3) is 0.300. The van der Waals surface area contributed by atoms with Gasteiger partial charge in [0.05, 0.1) is 0 Å². The van der Waals surface area contributed by atoms with Crippen LogP contribution in [0.1, 0.15) is 59.4 Å². The molecule has 25 heavy (non-hydrogen) atoms. The minimum atomic E-state index is -0.826. The van der Waals surface area contributed by atoms with Crippen molar-refractivity contribution in [3.05, 3.63) is 70.8 Å². The van der Waals surface area contributed by atoms with E-state index in [9.17, 15) is 0 Å². The van der Waals surface area contributed by atoms with Gasteiger partial charge in [0.1, 0.15) is 0 Å². The molecule has 2 aromatic carbocycles. The summed E-state index contributed by atoms with van der Waals surface area (Å²) in [6.45, 7) is 9.30. The van der Waals surface area contributed by atoms with E-state index in [-0.39, 0.29) is 30.0 Å². The first-order valence-electron chi connectivity index (χ1n) is 8.34. The van der Waals surface area contributed by atoms with Crippen molar-refractivity contribution in [2.75, 3.05) is 0 Å². The predicted molar refractivity (Wildman–Crippen MR) is 112 cm³/mol. The first-order chi connectivity index (χ1) is 12.0. The van der Waals surface area contributed by atoms with Crippen LogP contribution in [0.3, 0.4) is 0 Å². The number of fused-ring (bicyclic) bond motifs is 2. The van der Waals surface area contributed by atoms with Gasteiger partial charge in [0.15, 0.2) is 0 Å². The van der Waals surface area contributed by atoms with Gasteiger partial charge in [0.25, 0.3) is 0 Å². The predicted octanol–water partition coefficient (Wildman–Crippen LogP) is 5.39. The normalized spacial score (nSPS) is 19.3. The second-order valence-electron chi connectivity index (χ2n) is 6.23. The van der Waals surface area contributed by atoms with Crippen LogP contribution in [0.5, 0.6) is 0 Å². The topological polar surface area (TPSA) is 0 Å². The molecule has 5 heteroatoms. The van der Waals surface area contributed by atoms with Crippen LogP contribution in [0.2, 0.25) is 0 Å². The van der Waals surface area contributed by atoms with Crippen LogP contribution in [-0.4, -0.2) is 38.7 Å². The number of halogens is 2. The van der Waals surface area contributed by atoms with E-state index in [1.165, 1.54) is 0 Å². The van der Waals surface area contributed by atoms with Crippen LogP contribution in [0, 0.1) is 0 Å². The van der Waals surface area contributed by atoms with Gasteiger partial charge in [0.2, 0.25) is 0 Å². The molecule has 0 spiro atoms. The Balaban J connectivity index is 0.000000156. The SMILES string of the molecule is C[C]1=[Ge][CH](C)c2ccccc21.C[C]1=[Ge][CH](C)c2ccccc21.[Cl][Zr][Cl]. The van der Waals surface area contributed by atoms with E-state index >= 15 is 0 Å². The molecule has 2 radical (unpaired) electrons. The van der Waals surface area contributed by atoms with Crippen LogP contribution in [0.4, 0.5) is 0 Å². The van der Waals surface area contributed by atoms with Crippen molar-refractivity contribution in [2.24, 2.45) is 0 Å². The Labute approximate surface area is 182 Å². The fourth-order valence-corrected chi connectivity index (χ4v) is 9.43. The Bertz CT molecular complexity index is 721. The molecule has 0 amide bonds. The second-order valence-corrected chi connectivity index (χ2v) is 18.0. The van der Waals surface area contributed by atoms with E-state index in [0.29, 0.717) is 0 Å². The zero-order chi connectivity index (χ0) is 18.4. The van der Waals surface area contributed by atoms with Gasteiger partial charge in [0, 0.05) is 0 Å². The number of rotatable bonds is 0. The quantitative estimate of drug-likeness (QED) is 0.374. The molecule has 0 saturated heterocycles. The summed E-state index contributed by atoms with van der Waals surface area (Å²) in [5.41, 5.74) is 6.26. The van der Waals surface area contributed by atoms with Crippen molar-refractivity contribution in [2.45, 2.75) is 37.2 Å². The van der Waals surface area contributed by atoms with E-state index in [4.69, 9.17) is 17.0 Å². The van der Waals surface area contributed by atoms with E-state index in [1.54, 1.807) is 31.0 Å². The second kappa shape index (κ2) is 10.9. The molecule has 2 aliphatic heterocycles. The molecule has 4 rings (SSSR count). The molecule has 0 fully saturated rings. The average Bonchev–Trinajstić information content (AvgIpc) is 3.06. The summed E-state index contributed by atoms with van der Waals surface area (Å²) in [7, 11) is 9.87. The van der Waals surface area contributed by atoms with E-state index < -0.39 is 20.8 Å². The van der Waals surface area contributed by atoms with Gasteiger partial charge in [-0.2, -0.15) is 0 Å². The van der Waals surface area contributed by atoms with Crippen LogP contribution < -0.4 is 0 Å². The zero-order valence-corrected chi connectivity index (χ0v) is 23.2. The summed E-state index contributed by atoms with van der Waals surface area (Å²) in [6.07, 6.45) is 0. The summed E-state index contributed by atoms with van der Waals surface area (Å²) in [5, 5.41) is 0. The van der Waals surface area contributed by atoms with E-state index in [2.05, 4.69) is 76.2 Å². The Hall–Kier alpha value is 0.729. The third kappa shape index (κ3) is 5.85. The summed E-state index contributed by atoms with van der Waals surface area (Å²) < 4.78 is 5.08. The molecule has 128 valence electrons. The average molecular weight is 570 g/mol. The first-order valence-corrected chi connectivity index (χ1v) is 19.2. The molecule has 0 bridgehead atoms. The molecule has 0 aliphatic carbocycles. The Kier molecular flexibility index (Phi) is 9.61. The Morgan fingerprint density at radius 2 is 1.04 bits per heavy atom. The molecule has 2 aromatic rings. The molecule has 0 aromatic heterocycles. The molecule has 2 atom stereocenters. The summed E-state index contributed by atoms with van der Waals surface area (Å²) >= 11 is -0.476. The van der Waals surface area contributed by atoms with Crippen molar-refractivity contribution >= 4 is 55.7 Å². The molecular weight excluding hydrogens is 548 g/mol.